The van der Waals surface area contributed by atoms with E-state index in [9.17, 15) is 9.90 Å². The Hall–Kier alpha value is -3.15. The second-order valence-electron chi connectivity index (χ2n) is 6.15. The molecule has 25 heavy (non-hydrogen) atoms. The van der Waals surface area contributed by atoms with Gasteiger partial charge in [0.25, 0.3) is 5.91 Å². The number of anilines is 1. The molecule has 128 valence electrons. The lowest BCUT2D eigenvalue weighted by molar-refractivity contribution is 0.0943. The number of carbonyl (C=O) groups excluding carboxylic acids is 1. The zero-order valence-electron chi connectivity index (χ0n) is 13.8. The number of fused-ring (bicyclic) bond motifs is 2. The van der Waals surface area contributed by atoms with Crippen molar-refractivity contribution in [2.24, 2.45) is 0 Å². The fourth-order valence-electron chi connectivity index (χ4n) is 3.12. The van der Waals surface area contributed by atoms with Gasteiger partial charge in [0.15, 0.2) is 6.23 Å². The monoisotopic (exact) mass is 337 g/mol. The van der Waals surface area contributed by atoms with Crippen LogP contribution in [0.2, 0.25) is 0 Å². The van der Waals surface area contributed by atoms with Gasteiger partial charge in [-0.3, -0.25) is 4.79 Å². The maximum absolute atomic E-state index is 12.3. The minimum Gasteiger partial charge on any atom is -0.508 e. The van der Waals surface area contributed by atoms with Crippen LogP contribution in [0, 0.1) is 0 Å². The van der Waals surface area contributed by atoms with E-state index in [0.717, 1.165) is 16.6 Å². The Balaban J connectivity index is 1.36. The molecule has 1 atom stereocenters. The molecule has 0 saturated carbocycles. The van der Waals surface area contributed by atoms with Crippen molar-refractivity contribution < 1.29 is 14.6 Å². The first-order valence-corrected chi connectivity index (χ1v) is 8.20. The van der Waals surface area contributed by atoms with Gasteiger partial charge < -0.3 is 25.0 Å². The average Bonchev–Trinajstić information content (AvgIpc) is 3.16. The van der Waals surface area contributed by atoms with Crippen LogP contribution in [0.15, 0.2) is 48.5 Å². The van der Waals surface area contributed by atoms with Crippen molar-refractivity contribution in [2.45, 2.75) is 12.6 Å². The lowest BCUT2D eigenvalue weighted by Crippen LogP contribution is -2.35. The van der Waals surface area contributed by atoms with Crippen LogP contribution in [0.25, 0.3) is 10.9 Å². The highest BCUT2D eigenvalue weighted by Crippen LogP contribution is 2.39. The van der Waals surface area contributed by atoms with Crippen molar-refractivity contribution in [3.05, 3.63) is 54.2 Å². The number of para-hydroxylation sites is 1. The number of aromatic hydroxyl groups is 1. The van der Waals surface area contributed by atoms with E-state index >= 15 is 0 Å². The maximum Gasteiger partial charge on any atom is 0.267 e. The zero-order valence-corrected chi connectivity index (χ0v) is 13.8. The molecule has 0 saturated heterocycles. The van der Waals surface area contributed by atoms with Gasteiger partial charge in [0, 0.05) is 37.0 Å². The van der Waals surface area contributed by atoms with E-state index in [1.165, 1.54) is 0 Å². The van der Waals surface area contributed by atoms with Crippen molar-refractivity contribution in [1.82, 2.24) is 10.3 Å². The molecule has 4 rings (SSSR count). The number of benzene rings is 2. The predicted molar refractivity (Wildman–Crippen MR) is 96.2 cm³/mol. The number of phenolic OH excluding ortho intramolecular Hbond substituents is 1. The number of aromatic amines is 1. The standard InChI is InChI=1S/C19H19N3O3/c1-22-16-7-6-13(23)11-17(16)25-18(22)8-9-20-19(24)15-10-12-4-2-3-5-14(12)21-15/h2-7,10-11,18,21,23H,8-9H2,1H3,(H,20,24). The normalized spacial score (nSPS) is 15.9. The van der Waals surface area contributed by atoms with E-state index < -0.39 is 0 Å². The molecule has 3 N–H and O–H groups in total. The highest BCUT2D eigenvalue weighted by atomic mass is 16.5. The van der Waals surface area contributed by atoms with Gasteiger partial charge in [0.2, 0.25) is 0 Å². The molecule has 1 unspecified atom stereocenters. The van der Waals surface area contributed by atoms with Gasteiger partial charge >= 0.3 is 0 Å². The Morgan fingerprint density at radius 3 is 2.96 bits per heavy atom. The summed E-state index contributed by atoms with van der Waals surface area (Å²) >= 11 is 0. The Kier molecular flexibility index (Phi) is 3.72. The first-order valence-electron chi connectivity index (χ1n) is 8.20. The highest BCUT2D eigenvalue weighted by molar-refractivity contribution is 5.97. The van der Waals surface area contributed by atoms with E-state index in [1.807, 2.05) is 48.3 Å². The number of hydrogen-bond acceptors (Lipinski definition) is 4. The topological polar surface area (TPSA) is 77.6 Å². The Labute approximate surface area is 145 Å². The second kappa shape index (κ2) is 6.05. The summed E-state index contributed by atoms with van der Waals surface area (Å²) in [6, 6.07) is 14.7. The molecule has 1 amide bonds. The van der Waals surface area contributed by atoms with Crippen molar-refractivity contribution in [1.29, 1.82) is 0 Å². The number of carbonyl (C=O) groups is 1. The molecular formula is C19H19N3O3. The SMILES string of the molecule is CN1c2ccc(O)cc2OC1CCNC(=O)c1cc2ccccc2[nH]1. The number of rotatable bonds is 4. The minimum absolute atomic E-state index is 0.132. The summed E-state index contributed by atoms with van der Waals surface area (Å²) in [6.07, 6.45) is 0.470. The summed E-state index contributed by atoms with van der Waals surface area (Å²) in [5.74, 6) is 0.710. The summed E-state index contributed by atoms with van der Waals surface area (Å²) in [7, 11) is 1.94. The smallest absolute Gasteiger partial charge is 0.267 e. The summed E-state index contributed by atoms with van der Waals surface area (Å²) < 4.78 is 5.84. The summed E-state index contributed by atoms with van der Waals surface area (Å²) in [5.41, 5.74) is 2.43. The van der Waals surface area contributed by atoms with Crippen LogP contribution < -0.4 is 15.0 Å². The van der Waals surface area contributed by atoms with Crippen LogP contribution >= 0.6 is 0 Å². The van der Waals surface area contributed by atoms with Crippen LogP contribution in [0.3, 0.4) is 0 Å². The number of ether oxygens (including phenoxy) is 1. The van der Waals surface area contributed by atoms with Crippen molar-refractivity contribution in [2.75, 3.05) is 18.5 Å². The van der Waals surface area contributed by atoms with Gasteiger partial charge in [-0.15, -0.1) is 0 Å². The largest absolute Gasteiger partial charge is 0.508 e. The molecule has 0 radical (unpaired) electrons. The molecule has 6 heteroatoms. The summed E-state index contributed by atoms with van der Waals surface area (Å²) in [6.45, 7) is 0.489. The van der Waals surface area contributed by atoms with E-state index in [1.54, 1.807) is 12.1 Å². The van der Waals surface area contributed by atoms with Crippen LogP contribution in [-0.2, 0) is 0 Å². The summed E-state index contributed by atoms with van der Waals surface area (Å²) in [5, 5.41) is 13.5. The number of amides is 1. The third-order valence-electron chi connectivity index (χ3n) is 4.47. The van der Waals surface area contributed by atoms with Gasteiger partial charge in [-0.25, -0.2) is 0 Å². The van der Waals surface area contributed by atoms with Crippen molar-refractivity contribution >= 4 is 22.5 Å². The number of hydrogen-bond donors (Lipinski definition) is 3. The number of H-pyrrole nitrogens is 1. The Morgan fingerprint density at radius 2 is 2.12 bits per heavy atom. The van der Waals surface area contributed by atoms with Crippen molar-refractivity contribution in [3.63, 3.8) is 0 Å². The molecule has 2 aromatic carbocycles. The van der Waals surface area contributed by atoms with Crippen molar-refractivity contribution in [3.8, 4) is 11.5 Å². The first kappa shape index (κ1) is 15.4. The molecule has 6 nitrogen and oxygen atoms in total. The predicted octanol–water partition coefficient (Wildman–Crippen LogP) is 2.85. The van der Waals surface area contributed by atoms with Gasteiger partial charge in [0.1, 0.15) is 17.2 Å². The number of aromatic nitrogens is 1. The van der Waals surface area contributed by atoms with E-state index in [0.29, 0.717) is 24.4 Å². The van der Waals surface area contributed by atoms with Gasteiger partial charge in [0.05, 0.1) is 5.69 Å². The van der Waals surface area contributed by atoms with Crippen LogP contribution in [0.4, 0.5) is 5.69 Å². The molecule has 1 aliphatic rings. The first-order chi connectivity index (χ1) is 12.1. The molecular weight excluding hydrogens is 318 g/mol. The average molecular weight is 337 g/mol. The van der Waals surface area contributed by atoms with Crippen LogP contribution in [0.1, 0.15) is 16.9 Å². The van der Waals surface area contributed by atoms with E-state index in [-0.39, 0.29) is 17.9 Å². The fraction of sp³-hybridized carbons (Fsp3) is 0.211. The van der Waals surface area contributed by atoms with Gasteiger partial charge in [-0.2, -0.15) is 0 Å². The lowest BCUT2D eigenvalue weighted by Gasteiger charge is -2.20. The molecule has 1 aromatic heterocycles. The third kappa shape index (κ3) is 2.87. The molecule has 0 aliphatic carbocycles. The molecule has 0 bridgehead atoms. The van der Waals surface area contributed by atoms with Crippen LogP contribution in [-0.4, -0.2) is 35.8 Å². The van der Waals surface area contributed by atoms with Crippen LogP contribution in [0.5, 0.6) is 11.5 Å². The Bertz CT molecular complexity index is 902. The summed E-state index contributed by atoms with van der Waals surface area (Å²) in [4.78, 5) is 17.4. The molecule has 0 fully saturated rings. The lowest BCUT2D eigenvalue weighted by atomic mass is 10.2. The fourth-order valence-corrected chi connectivity index (χ4v) is 3.12. The van der Waals surface area contributed by atoms with E-state index in [4.69, 9.17) is 4.74 Å². The maximum atomic E-state index is 12.3. The van der Waals surface area contributed by atoms with E-state index in [2.05, 4.69) is 10.3 Å². The molecule has 2 heterocycles. The zero-order chi connectivity index (χ0) is 17.4. The Morgan fingerprint density at radius 1 is 1.28 bits per heavy atom. The van der Waals surface area contributed by atoms with Gasteiger partial charge in [-0.05, 0) is 24.3 Å². The molecule has 0 spiro atoms. The quantitative estimate of drug-likeness (QED) is 0.684. The molecule has 1 aliphatic heterocycles. The van der Waals surface area contributed by atoms with Gasteiger partial charge in [-0.1, -0.05) is 18.2 Å². The second-order valence-corrected chi connectivity index (χ2v) is 6.15. The number of nitrogens with zero attached hydrogens (tertiary/aromatic N) is 1. The highest BCUT2D eigenvalue weighted by Gasteiger charge is 2.28. The number of nitrogens with one attached hydrogen (secondary N) is 2. The number of phenols is 1. The third-order valence-corrected chi connectivity index (χ3v) is 4.47. The molecule has 3 aromatic rings. The minimum atomic E-state index is -0.167.